The fraction of sp³-hybridized carbons (Fsp3) is 0.500. The summed E-state index contributed by atoms with van der Waals surface area (Å²) in [6.45, 7) is 1.04. The third kappa shape index (κ3) is 3.06. The van der Waals surface area contributed by atoms with Gasteiger partial charge in [0.2, 0.25) is 0 Å². The van der Waals surface area contributed by atoms with E-state index in [4.69, 9.17) is 9.47 Å². The summed E-state index contributed by atoms with van der Waals surface area (Å²) in [6, 6.07) is 10.2. The number of esters is 1. The Hall–Kier alpha value is -1.69. The van der Waals surface area contributed by atoms with Gasteiger partial charge in [-0.25, -0.2) is 4.79 Å². The number of carbonyl (C=O) groups is 2. The highest BCUT2D eigenvalue weighted by molar-refractivity contribution is 7.99. The van der Waals surface area contributed by atoms with E-state index in [1.54, 1.807) is 16.7 Å². The van der Waals surface area contributed by atoms with Gasteiger partial charge in [0.05, 0.1) is 19.6 Å². The number of cyclic esters (lactones) is 1. The summed E-state index contributed by atoms with van der Waals surface area (Å²) in [5, 5.41) is 0. The number of hydrogen-bond acceptors (Lipinski definition) is 5. The molecule has 1 aromatic rings. The van der Waals surface area contributed by atoms with E-state index in [9.17, 15) is 9.59 Å². The molecule has 0 N–H and O–H groups in total. The number of benzene rings is 1. The number of carbonyl (C=O) groups excluding carboxylic acids is 2. The lowest BCUT2D eigenvalue weighted by molar-refractivity contribution is -0.142. The number of hydrogen-bond donors (Lipinski definition) is 0. The lowest BCUT2D eigenvalue weighted by Gasteiger charge is -2.20. The van der Waals surface area contributed by atoms with Crippen LogP contribution < -0.4 is 0 Å². The largest absolute Gasteiger partial charge is 0.469 e. The molecule has 2 aliphatic heterocycles. The minimum atomic E-state index is -0.257. The van der Waals surface area contributed by atoms with Crippen LogP contribution in [0.2, 0.25) is 0 Å². The predicted octanol–water partition coefficient (Wildman–Crippen LogP) is 2.41. The lowest BCUT2D eigenvalue weighted by Crippen LogP contribution is -2.31. The zero-order chi connectivity index (χ0) is 15.5. The van der Waals surface area contributed by atoms with Crippen molar-refractivity contribution < 1.29 is 19.1 Å². The number of ether oxygens (including phenoxy) is 2. The molecule has 0 radical (unpaired) electrons. The van der Waals surface area contributed by atoms with Gasteiger partial charge < -0.3 is 14.4 Å². The Labute approximate surface area is 134 Å². The molecule has 2 heterocycles. The third-order valence-electron chi connectivity index (χ3n) is 4.38. The van der Waals surface area contributed by atoms with Gasteiger partial charge >= 0.3 is 12.1 Å². The molecule has 1 aromatic carbocycles. The molecular weight excluding hydrogens is 302 g/mol. The van der Waals surface area contributed by atoms with Crippen molar-refractivity contribution in [2.75, 3.05) is 26.0 Å². The minimum Gasteiger partial charge on any atom is -0.469 e. The van der Waals surface area contributed by atoms with Crippen LogP contribution in [-0.4, -0.2) is 49.0 Å². The molecule has 2 fully saturated rings. The van der Waals surface area contributed by atoms with Crippen LogP contribution in [-0.2, 0) is 14.3 Å². The number of amides is 1. The highest BCUT2D eigenvalue weighted by Gasteiger charge is 2.49. The van der Waals surface area contributed by atoms with Gasteiger partial charge in [0.15, 0.2) is 0 Å². The van der Waals surface area contributed by atoms with Crippen LogP contribution in [0, 0.1) is 11.8 Å². The van der Waals surface area contributed by atoms with Crippen LogP contribution in [0.4, 0.5) is 4.79 Å². The van der Waals surface area contributed by atoms with Crippen molar-refractivity contribution >= 4 is 23.8 Å². The van der Waals surface area contributed by atoms with Crippen molar-refractivity contribution in [1.82, 2.24) is 4.90 Å². The van der Waals surface area contributed by atoms with Crippen molar-refractivity contribution in [3.8, 4) is 0 Å². The van der Waals surface area contributed by atoms with Gasteiger partial charge in [-0.2, -0.15) is 0 Å². The highest BCUT2D eigenvalue weighted by atomic mass is 32.2. The highest BCUT2D eigenvalue weighted by Crippen LogP contribution is 2.39. The van der Waals surface area contributed by atoms with Gasteiger partial charge in [-0.15, -0.1) is 11.8 Å². The first-order chi connectivity index (χ1) is 10.7. The smallest absolute Gasteiger partial charge is 0.410 e. The number of methoxy groups -OCH3 is 1. The monoisotopic (exact) mass is 321 g/mol. The molecule has 0 aliphatic carbocycles. The maximum Gasteiger partial charge on any atom is 0.410 e. The molecule has 2 saturated heterocycles. The maximum atomic E-state index is 11.8. The Bertz CT molecular complexity index is 550. The van der Waals surface area contributed by atoms with Crippen molar-refractivity contribution in [2.45, 2.75) is 17.4 Å². The molecule has 3 rings (SSSR count). The van der Waals surface area contributed by atoms with Gasteiger partial charge in [0, 0.05) is 17.2 Å². The number of fused-ring (bicyclic) bond motifs is 1. The fourth-order valence-electron chi connectivity index (χ4n) is 3.21. The zero-order valence-electron chi connectivity index (χ0n) is 12.4. The van der Waals surface area contributed by atoms with Crippen LogP contribution >= 0.6 is 11.8 Å². The van der Waals surface area contributed by atoms with Crippen molar-refractivity contribution in [3.05, 3.63) is 30.3 Å². The lowest BCUT2D eigenvalue weighted by atomic mass is 9.89. The SMILES string of the molecule is COC(=O)C[C@H]1[C@@H](CSc2ccccc2)CN2C(=O)OC[C@H]12. The Kier molecular flexibility index (Phi) is 4.57. The summed E-state index contributed by atoms with van der Waals surface area (Å²) < 4.78 is 9.91. The molecule has 3 atom stereocenters. The summed E-state index contributed by atoms with van der Waals surface area (Å²) in [4.78, 5) is 26.4. The molecule has 0 bridgehead atoms. The van der Waals surface area contributed by atoms with Crippen molar-refractivity contribution in [3.63, 3.8) is 0 Å². The third-order valence-corrected chi connectivity index (χ3v) is 5.58. The molecule has 1 amide bonds. The van der Waals surface area contributed by atoms with Crippen LogP contribution in [0.1, 0.15) is 6.42 Å². The molecule has 0 saturated carbocycles. The standard InChI is InChI=1S/C16H19NO4S/c1-20-15(18)7-13-11(8-17-14(13)9-21-16(17)19)10-22-12-5-3-2-4-6-12/h2-6,11,13-14H,7-10H2,1H3/t11-,13+,14-/m1/s1. The Morgan fingerprint density at radius 2 is 2.18 bits per heavy atom. The average Bonchev–Trinajstić information content (AvgIpc) is 3.07. The quantitative estimate of drug-likeness (QED) is 0.616. The first-order valence-electron chi connectivity index (χ1n) is 7.37. The van der Waals surface area contributed by atoms with Crippen LogP contribution in [0.25, 0.3) is 0 Å². The summed E-state index contributed by atoms with van der Waals surface area (Å²) in [7, 11) is 1.40. The summed E-state index contributed by atoms with van der Waals surface area (Å²) in [6.07, 6.45) is 0.0843. The van der Waals surface area contributed by atoms with Gasteiger partial charge in [-0.1, -0.05) is 18.2 Å². The molecule has 2 aliphatic rings. The van der Waals surface area contributed by atoms with E-state index >= 15 is 0 Å². The van der Waals surface area contributed by atoms with Gasteiger partial charge in [-0.3, -0.25) is 4.79 Å². The van der Waals surface area contributed by atoms with E-state index < -0.39 is 0 Å². The summed E-state index contributed by atoms with van der Waals surface area (Å²) in [5.74, 6) is 1.05. The number of thioether (sulfide) groups is 1. The molecule has 0 unspecified atom stereocenters. The van der Waals surface area contributed by atoms with E-state index in [0.717, 1.165) is 5.75 Å². The second kappa shape index (κ2) is 6.60. The van der Waals surface area contributed by atoms with E-state index in [0.29, 0.717) is 19.6 Å². The van der Waals surface area contributed by atoms with Gasteiger partial charge in [0.25, 0.3) is 0 Å². The molecule has 0 aromatic heterocycles. The summed E-state index contributed by atoms with van der Waals surface area (Å²) in [5.41, 5.74) is 0. The summed E-state index contributed by atoms with van der Waals surface area (Å²) >= 11 is 1.77. The number of rotatable bonds is 5. The van der Waals surface area contributed by atoms with Gasteiger partial charge in [-0.05, 0) is 24.0 Å². The molecule has 5 nitrogen and oxygen atoms in total. The Morgan fingerprint density at radius 1 is 1.41 bits per heavy atom. The van der Waals surface area contributed by atoms with E-state index in [-0.39, 0.29) is 29.9 Å². The Morgan fingerprint density at radius 3 is 2.91 bits per heavy atom. The first kappa shape index (κ1) is 15.2. The van der Waals surface area contributed by atoms with Crippen molar-refractivity contribution in [1.29, 1.82) is 0 Å². The molecule has 0 spiro atoms. The van der Waals surface area contributed by atoms with Crippen LogP contribution in [0.5, 0.6) is 0 Å². The van der Waals surface area contributed by atoms with E-state index in [2.05, 4.69) is 12.1 Å². The van der Waals surface area contributed by atoms with Crippen LogP contribution in [0.3, 0.4) is 0 Å². The van der Waals surface area contributed by atoms with Gasteiger partial charge in [0.1, 0.15) is 6.61 Å². The topological polar surface area (TPSA) is 55.8 Å². The maximum absolute atomic E-state index is 11.8. The fourth-order valence-corrected chi connectivity index (χ4v) is 4.32. The minimum absolute atomic E-state index is 0.00738. The predicted molar refractivity (Wildman–Crippen MR) is 82.6 cm³/mol. The molecular formula is C16H19NO4S. The average molecular weight is 321 g/mol. The Balaban J connectivity index is 1.68. The molecule has 6 heteroatoms. The second-order valence-electron chi connectivity index (χ2n) is 5.62. The van der Waals surface area contributed by atoms with E-state index in [1.165, 1.54) is 12.0 Å². The second-order valence-corrected chi connectivity index (χ2v) is 6.72. The van der Waals surface area contributed by atoms with Crippen molar-refractivity contribution in [2.24, 2.45) is 11.8 Å². The normalized spacial score (nSPS) is 26.7. The molecule has 22 heavy (non-hydrogen) atoms. The zero-order valence-corrected chi connectivity index (χ0v) is 13.3. The van der Waals surface area contributed by atoms with E-state index in [1.807, 2.05) is 18.2 Å². The molecule has 118 valence electrons. The van der Waals surface area contributed by atoms with Crippen LogP contribution in [0.15, 0.2) is 35.2 Å². The first-order valence-corrected chi connectivity index (χ1v) is 8.35. The number of nitrogens with zero attached hydrogens (tertiary/aromatic N) is 1.